The molecular formula is C22H29N3O4S. The van der Waals surface area contributed by atoms with E-state index >= 15 is 0 Å². The Kier molecular flexibility index (Phi) is 8.16. The van der Waals surface area contributed by atoms with Gasteiger partial charge in [0.15, 0.2) is 0 Å². The van der Waals surface area contributed by atoms with Crippen LogP contribution < -0.4 is 4.74 Å². The zero-order chi connectivity index (χ0) is 22.3. The van der Waals surface area contributed by atoms with Crippen molar-refractivity contribution in [1.29, 1.82) is 0 Å². The lowest BCUT2D eigenvalue weighted by Crippen LogP contribution is -2.19. The Morgan fingerprint density at radius 1 is 1.00 bits per heavy atom. The van der Waals surface area contributed by atoms with Gasteiger partial charge in [0.05, 0.1) is 17.5 Å². The molecule has 0 aliphatic carbocycles. The molecule has 0 saturated heterocycles. The van der Waals surface area contributed by atoms with Crippen LogP contribution in [-0.4, -0.2) is 61.2 Å². The molecule has 162 valence electrons. The zero-order valence-corrected chi connectivity index (χ0v) is 18.8. The van der Waals surface area contributed by atoms with Crippen LogP contribution in [0.15, 0.2) is 54.7 Å². The molecule has 0 radical (unpaired) electrons. The summed E-state index contributed by atoms with van der Waals surface area (Å²) in [4.78, 5) is 2.10. The van der Waals surface area contributed by atoms with Gasteiger partial charge in [-0.2, -0.15) is 8.42 Å². The Balaban J connectivity index is 0.000000575. The molecule has 0 aliphatic rings. The maximum atomic E-state index is 9.19. The Hall–Kier alpha value is -2.68. The number of hydrogen-bond acceptors (Lipinski definition) is 5. The number of benzene rings is 2. The number of nitrogens with zero attached hydrogens (tertiary/aromatic N) is 3. The van der Waals surface area contributed by atoms with Gasteiger partial charge in [0.25, 0.3) is 10.1 Å². The summed E-state index contributed by atoms with van der Waals surface area (Å²) in [5.41, 5.74) is 5.63. The topological polar surface area (TPSA) is 84.7 Å². The Morgan fingerprint density at radius 3 is 2.00 bits per heavy atom. The van der Waals surface area contributed by atoms with Crippen LogP contribution in [0.5, 0.6) is 5.88 Å². The number of aromatic nitrogens is 2. The summed E-state index contributed by atoms with van der Waals surface area (Å²) in [6, 6.07) is 16.8. The smallest absolute Gasteiger partial charge is 0.261 e. The van der Waals surface area contributed by atoms with Gasteiger partial charge < -0.3 is 9.64 Å². The lowest BCUT2D eigenvalue weighted by atomic mass is 10.1. The molecule has 0 bridgehead atoms. The van der Waals surface area contributed by atoms with E-state index < -0.39 is 10.1 Å². The summed E-state index contributed by atoms with van der Waals surface area (Å²) in [7, 11) is 0.407. The molecule has 30 heavy (non-hydrogen) atoms. The molecule has 0 saturated carbocycles. The second-order valence-corrected chi connectivity index (χ2v) is 8.84. The van der Waals surface area contributed by atoms with E-state index in [1.165, 1.54) is 11.1 Å². The SMILES string of the molecule is CS(=O)(=O)O.Cc1ccc(-c2cn(-c3ccc(C)cc3)nc2OCCN(C)C)cc1. The van der Waals surface area contributed by atoms with E-state index in [0.29, 0.717) is 18.7 Å². The predicted molar refractivity (Wildman–Crippen MR) is 120 cm³/mol. The van der Waals surface area contributed by atoms with Gasteiger partial charge in [0.1, 0.15) is 6.61 Å². The van der Waals surface area contributed by atoms with Gasteiger partial charge in [0.2, 0.25) is 5.88 Å². The van der Waals surface area contributed by atoms with Crippen molar-refractivity contribution in [3.63, 3.8) is 0 Å². The molecule has 1 aromatic heterocycles. The highest BCUT2D eigenvalue weighted by atomic mass is 32.2. The lowest BCUT2D eigenvalue weighted by molar-refractivity contribution is 0.253. The third-order valence-corrected chi connectivity index (χ3v) is 4.12. The molecule has 0 unspecified atom stereocenters. The Morgan fingerprint density at radius 2 is 1.50 bits per heavy atom. The number of ether oxygens (including phenoxy) is 1. The van der Waals surface area contributed by atoms with Crippen LogP contribution in [0.1, 0.15) is 11.1 Å². The summed E-state index contributed by atoms with van der Waals surface area (Å²) >= 11 is 0. The monoisotopic (exact) mass is 431 g/mol. The van der Waals surface area contributed by atoms with Crippen LogP contribution >= 0.6 is 0 Å². The van der Waals surface area contributed by atoms with Gasteiger partial charge in [0, 0.05) is 12.7 Å². The van der Waals surface area contributed by atoms with E-state index in [4.69, 9.17) is 9.29 Å². The van der Waals surface area contributed by atoms with Crippen LogP contribution in [0.2, 0.25) is 0 Å². The third-order valence-electron chi connectivity index (χ3n) is 4.12. The number of hydrogen-bond donors (Lipinski definition) is 1. The van der Waals surface area contributed by atoms with Crippen LogP contribution in [0.4, 0.5) is 0 Å². The molecule has 1 heterocycles. The van der Waals surface area contributed by atoms with Crippen molar-refractivity contribution in [3.8, 4) is 22.7 Å². The highest BCUT2D eigenvalue weighted by Gasteiger charge is 2.13. The van der Waals surface area contributed by atoms with Gasteiger partial charge in [-0.25, -0.2) is 4.68 Å². The molecule has 3 aromatic rings. The summed E-state index contributed by atoms with van der Waals surface area (Å²) in [6.45, 7) is 5.63. The van der Waals surface area contributed by atoms with Crippen molar-refractivity contribution < 1.29 is 17.7 Å². The van der Waals surface area contributed by atoms with Crippen molar-refractivity contribution >= 4 is 10.1 Å². The zero-order valence-electron chi connectivity index (χ0n) is 18.0. The summed E-state index contributed by atoms with van der Waals surface area (Å²) in [5.74, 6) is 0.672. The first-order chi connectivity index (χ1) is 14.0. The molecule has 3 rings (SSSR count). The molecule has 0 amide bonds. The van der Waals surface area contributed by atoms with Crippen molar-refractivity contribution in [1.82, 2.24) is 14.7 Å². The fourth-order valence-electron chi connectivity index (χ4n) is 2.55. The molecule has 7 nitrogen and oxygen atoms in total. The average Bonchev–Trinajstić information content (AvgIpc) is 3.05. The fourth-order valence-corrected chi connectivity index (χ4v) is 2.55. The van der Waals surface area contributed by atoms with E-state index in [1.54, 1.807) is 0 Å². The number of rotatable bonds is 6. The molecule has 0 atom stereocenters. The minimum absolute atomic E-state index is 0.608. The van der Waals surface area contributed by atoms with Gasteiger partial charge in [-0.05, 0) is 45.6 Å². The van der Waals surface area contributed by atoms with Crippen LogP contribution in [0.3, 0.4) is 0 Å². The summed E-state index contributed by atoms with van der Waals surface area (Å²) in [5, 5.41) is 4.68. The van der Waals surface area contributed by atoms with E-state index in [9.17, 15) is 8.42 Å². The Labute approximate surface area is 178 Å². The van der Waals surface area contributed by atoms with Crippen molar-refractivity contribution in [3.05, 3.63) is 65.9 Å². The predicted octanol–water partition coefficient (Wildman–Crippen LogP) is 3.60. The maximum absolute atomic E-state index is 9.19. The quantitative estimate of drug-likeness (QED) is 0.601. The van der Waals surface area contributed by atoms with E-state index in [2.05, 4.69) is 72.4 Å². The maximum Gasteiger partial charge on any atom is 0.261 e. The van der Waals surface area contributed by atoms with Gasteiger partial charge >= 0.3 is 0 Å². The minimum atomic E-state index is -3.67. The molecule has 1 N–H and O–H groups in total. The van der Waals surface area contributed by atoms with Gasteiger partial charge in [-0.3, -0.25) is 4.55 Å². The molecule has 2 aromatic carbocycles. The third kappa shape index (κ3) is 7.98. The lowest BCUT2D eigenvalue weighted by Gasteiger charge is -2.10. The largest absolute Gasteiger partial charge is 0.475 e. The molecule has 0 aliphatic heterocycles. The second-order valence-electron chi connectivity index (χ2n) is 7.38. The summed E-state index contributed by atoms with van der Waals surface area (Å²) < 4.78 is 33.7. The molecule has 0 spiro atoms. The minimum Gasteiger partial charge on any atom is -0.475 e. The van der Waals surface area contributed by atoms with Crippen LogP contribution in [0, 0.1) is 13.8 Å². The van der Waals surface area contributed by atoms with Crippen LogP contribution in [0.25, 0.3) is 16.8 Å². The highest BCUT2D eigenvalue weighted by Crippen LogP contribution is 2.30. The molecule has 0 fully saturated rings. The van der Waals surface area contributed by atoms with E-state index in [-0.39, 0.29) is 0 Å². The van der Waals surface area contributed by atoms with E-state index in [1.807, 2.05) is 25.0 Å². The second kappa shape index (κ2) is 10.4. The fraction of sp³-hybridized carbons (Fsp3) is 0.318. The normalized spacial score (nSPS) is 11.2. The van der Waals surface area contributed by atoms with E-state index in [0.717, 1.165) is 23.4 Å². The van der Waals surface area contributed by atoms with Crippen molar-refractivity contribution in [2.45, 2.75) is 13.8 Å². The van der Waals surface area contributed by atoms with Crippen LogP contribution in [-0.2, 0) is 10.1 Å². The molecular weight excluding hydrogens is 402 g/mol. The Bertz CT molecular complexity index is 1030. The average molecular weight is 432 g/mol. The van der Waals surface area contributed by atoms with Crippen molar-refractivity contribution in [2.24, 2.45) is 0 Å². The number of aryl methyl sites for hydroxylation is 2. The first kappa shape index (κ1) is 23.6. The number of likely N-dealkylation sites (N-methyl/N-ethyl adjacent to an activating group) is 1. The standard InChI is InChI=1S/C21H25N3O.CH4O3S/c1-16-5-9-18(10-6-16)20-15-24(19-11-7-17(2)8-12-19)22-21(20)25-14-13-23(3)4;1-5(2,3)4/h5-12,15H,13-14H2,1-4H3;1H3,(H,2,3,4). The van der Waals surface area contributed by atoms with Gasteiger partial charge in [-0.1, -0.05) is 47.5 Å². The molecule has 8 heteroatoms. The summed E-state index contributed by atoms with van der Waals surface area (Å²) in [6.07, 6.45) is 2.76. The highest BCUT2D eigenvalue weighted by molar-refractivity contribution is 7.85. The van der Waals surface area contributed by atoms with Gasteiger partial charge in [-0.15, -0.1) is 5.10 Å². The first-order valence-corrected chi connectivity index (χ1v) is 11.3. The first-order valence-electron chi connectivity index (χ1n) is 9.46. The van der Waals surface area contributed by atoms with Crippen molar-refractivity contribution in [2.75, 3.05) is 33.5 Å².